The van der Waals surface area contributed by atoms with Gasteiger partial charge in [-0.25, -0.2) is 19.2 Å². The maximum atomic E-state index is 13.3. The predicted octanol–water partition coefficient (Wildman–Crippen LogP) is 5.37. The van der Waals surface area contributed by atoms with Crippen molar-refractivity contribution in [2.24, 2.45) is 0 Å². The van der Waals surface area contributed by atoms with Gasteiger partial charge in [0, 0.05) is 37.4 Å². The minimum absolute atomic E-state index is 0.0292. The van der Waals surface area contributed by atoms with Crippen LogP contribution in [0.2, 0.25) is 5.02 Å². The molecule has 0 radical (unpaired) electrons. The molecule has 4 rings (SSSR count). The zero-order valence-electron chi connectivity index (χ0n) is 18.5. The van der Waals surface area contributed by atoms with Gasteiger partial charge in [0.25, 0.3) is 0 Å². The van der Waals surface area contributed by atoms with E-state index in [0.29, 0.717) is 37.1 Å². The highest BCUT2D eigenvalue weighted by molar-refractivity contribution is 6.32. The van der Waals surface area contributed by atoms with E-state index in [1.165, 1.54) is 24.5 Å². The summed E-state index contributed by atoms with van der Waals surface area (Å²) >= 11 is 6.05. The lowest BCUT2D eigenvalue weighted by Gasteiger charge is -2.40. The van der Waals surface area contributed by atoms with E-state index in [-0.39, 0.29) is 17.1 Å². The molecule has 2 amide bonds. The predicted molar refractivity (Wildman–Crippen MR) is 127 cm³/mol. The van der Waals surface area contributed by atoms with Crippen LogP contribution in [0.3, 0.4) is 0 Å². The fraction of sp³-hybridized carbons (Fsp3) is 0.292. The number of aromatic nitrogens is 2. The molecule has 0 spiro atoms. The van der Waals surface area contributed by atoms with Gasteiger partial charge in [-0.1, -0.05) is 36.7 Å². The Balaban J connectivity index is 1.41. The van der Waals surface area contributed by atoms with Crippen LogP contribution in [0.5, 0.6) is 11.6 Å². The number of amides is 2. The first-order valence-electron chi connectivity index (χ1n) is 10.8. The highest BCUT2D eigenvalue weighted by Gasteiger charge is 2.28. The van der Waals surface area contributed by atoms with Crippen LogP contribution in [-0.4, -0.2) is 46.6 Å². The van der Waals surface area contributed by atoms with Crippen molar-refractivity contribution in [1.82, 2.24) is 14.9 Å². The van der Waals surface area contributed by atoms with E-state index in [0.717, 1.165) is 17.7 Å². The van der Waals surface area contributed by atoms with Gasteiger partial charge in [-0.15, -0.1) is 0 Å². The van der Waals surface area contributed by atoms with E-state index < -0.39 is 5.82 Å². The summed E-state index contributed by atoms with van der Waals surface area (Å²) in [7, 11) is 0. The van der Waals surface area contributed by atoms with Gasteiger partial charge in [-0.3, -0.25) is 0 Å². The second kappa shape index (κ2) is 10.0. The van der Waals surface area contributed by atoms with Gasteiger partial charge in [0.2, 0.25) is 5.88 Å². The van der Waals surface area contributed by atoms with Crippen molar-refractivity contribution in [2.75, 3.05) is 29.9 Å². The molecule has 33 heavy (non-hydrogen) atoms. The lowest BCUT2D eigenvalue weighted by Crippen LogP contribution is -2.55. The van der Waals surface area contributed by atoms with Crippen LogP contribution in [0.15, 0.2) is 54.9 Å². The Kier molecular flexibility index (Phi) is 6.93. The molecule has 1 aromatic heterocycles. The Labute approximate surface area is 197 Å². The molecule has 1 saturated heterocycles. The number of benzene rings is 2. The fourth-order valence-corrected chi connectivity index (χ4v) is 4.04. The molecule has 9 heteroatoms. The summed E-state index contributed by atoms with van der Waals surface area (Å²) in [5.74, 6) is 0.855. The molecule has 0 bridgehead atoms. The van der Waals surface area contributed by atoms with Crippen LogP contribution in [0, 0.1) is 5.82 Å². The zero-order chi connectivity index (χ0) is 23.4. The van der Waals surface area contributed by atoms with Crippen LogP contribution in [0.1, 0.15) is 19.4 Å². The zero-order valence-corrected chi connectivity index (χ0v) is 19.2. The molecule has 1 aliphatic rings. The second-order valence-corrected chi connectivity index (χ2v) is 8.23. The van der Waals surface area contributed by atoms with Gasteiger partial charge >= 0.3 is 6.03 Å². The van der Waals surface area contributed by atoms with Crippen molar-refractivity contribution in [1.29, 1.82) is 0 Å². The number of anilines is 2. The number of hydrogen-bond donors (Lipinski definition) is 1. The van der Waals surface area contributed by atoms with Crippen molar-refractivity contribution in [2.45, 2.75) is 26.3 Å². The third kappa shape index (κ3) is 5.34. The minimum atomic E-state index is -0.440. The summed E-state index contributed by atoms with van der Waals surface area (Å²) in [6.45, 7) is 5.84. The first-order chi connectivity index (χ1) is 15.9. The molecule has 7 nitrogen and oxygen atoms in total. The number of rotatable bonds is 5. The number of para-hydroxylation sites is 1. The molecule has 2 heterocycles. The summed E-state index contributed by atoms with van der Waals surface area (Å²) in [5, 5.41) is 3.21. The number of hydrogen-bond acceptors (Lipinski definition) is 5. The van der Waals surface area contributed by atoms with E-state index in [1.807, 2.05) is 36.1 Å². The Morgan fingerprint density at radius 2 is 2.03 bits per heavy atom. The highest BCUT2D eigenvalue weighted by Crippen LogP contribution is 2.30. The van der Waals surface area contributed by atoms with Crippen LogP contribution in [-0.2, 0) is 6.42 Å². The summed E-state index contributed by atoms with van der Waals surface area (Å²) in [6, 6.07) is 13.3. The van der Waals surface area contributed by atoms with Crippen molar-refractivity contribution in [3.63, 3.8) is 0 Å². The van der Waals surface area contributed by atoms with E-state index in [1.54, 1.807) is 6.07 Å². The Morgan fingerprint density at radius 3 is 2.79 bits per heavy atom. The van der Waals surface area contributed by atoms with Crippen LogP contribution in [0.25, 0.3) is 0 Å². The number of urea groups is 1. The molecular weight excluding hydrogens is 445 g/mol. The number of aryl methyl sites for hydroxylation is 1. The van der Waals surface area contributed by atoms with Crippen molar-refractivity contribution in [3.05, 3.63) is 71.3 Å². The number of ether oxygens (including phenoxy) is 1. The summed E-state index contributed by atoms with van der Waals surface area (Å²) in [6.07, 6.45) is 2.26. The van der Waals surface area contributed by atoms with Crippen LogP contribution < -0.4 is 15.0 Å². The lowest BCUT2D eigenvalue weighted by molar-refractivity contribution is 0.184. The molecular formula is C24H25ClFN5O2. The van der Waals surface area contributed by atoms with E-state index in [9.17, 15) is 9.18 Å². The van der Waals surface area contributed by atoms with E-state index in [4.69, 9.17) is 16.3 Å². The lowest BCUT2D eigenvalue weighted by atomic mass is 10.1. The molecule has 0 aliphatic carbocycles. The molecule has 1 atom stereocenters. The number of carbonyl (C=O) groups excluding carboxylic acids is 1. The standard InChI is InChI=1S/C24H25ClFN5O2/c1-3-17-6-4-5-7-20(17)29-24(32)31-11-10-30(14-16(31)2)22-13-23(28-15-27-22)33-21-9-8-18(26)12-19(21)25/h4-9,12-13,15-16H,3,10-11,14H2,1-2H3,(H,29,32). The Hall–Kier alpha value is -3.39. The Bertz CT molecular complexity index is 1150. The van der Waals surface area contributed by atoms with Gasteiger partial charge in [0.15, 0.2) is 0 Å². The minimum Gasteiger partial charge on any atom is -0.437 e. The number of nitrogens with one attached hydrogen (secondary N) is 1. The third-order valence-electron chi connectivity index (χ3n) is 5.59. The van der Waals surface area contributed by atoms with E-state index in [2.05, 4.69) is 27.1 Å². The monoisotopic (exact) mass is 469 g/mol. The number of carbonyl (C=O) groups is 1. The average molecular weight is 470 g/mol. The molecule has 2 aromatic carbocycles. The van der Waals surface area contributed by atoms with Gasteiger partial charge in [-0.05, 0) is 43.2 Å². The second-order valence-electron chi connectivity index (χ2n) is 7.82. The first kappa shape index (κ1) is 22.8. The first-order valence-corrected chi connectivity index (χ1v) is 11.2. The average Bonchev–Trinajstić information content (AvgIpc) is 2.81. The van der Waals surface area contributed by atoms with Gasteiger partial charge in [0.1, 0.15) is 23.7 Å². The normalized spacial score (nSPS) is 15.9. The molecule has 1 fully saturated rings. The molecule has 172 valence electrons. The van der Waals surface area contributed by atoms with Gasteiger partial charge < -0.3 is 19.9 Å². The number of piperazine rings is 1. The number of halogens is 2. The maximum Gasteiger partial charge on any atom is 0.322 e. The Morgan fingerprint density at radius 1 is 1.21 bits per heavy atom. The summed E-state index contributed by atoms with van der Waals surface area (Å²) in [5.41, 5.74) is 1.95. The van der Waals surface area contributed by atoms with Crippen molar-refractivity contribution in [3.8, 4) is 11.6 Å². The third-order valence-corrected chi connectivity index (χ3v) is 5.88. The number of nitrogens with zero attached hydrogens (tertiary/aromatic N) is 4. The SMILES string of the molecule is CCc1ccccc1NC(=O)N1CCN(c2cc(Oc3ccc(F)cc3Cl)ncn2)CC1C. The summed E-state index contributed by atoms with van der Waals surface area (Å²) in [4.78, 5) is 25.3. The largest absolute Gasteiger partial charge is 0.437 e. The molecule has 3 aromatic rings. The smallest absolute Gasteiger partial charge is 0.322 e. The molecule has 1 aliphatic heterocycles. The van der Waals surface area contributed by atoms with E-state index >= 15 is 0 Å². The highest BCUT2D eigenvalue weighted by atomic mass is 35.5. The van der Waals surface area contributed by atoms with Crippen molar-refractivity contribution >= 4 is 29.1 Å². The molecule has 1 unspecified atom stereocenters. The van der Waals surface area contributed by atoms with Gasteiger partial charge in [0.05, 0.1) is 5.02 Å². The maximum absolute atomic E-state index is 13.3. The van der Waals surface area contributed by atoms with Crippen LogP contribution in [0.4, 0.5) is 20.7 Å². The fourth-order valence-electron chi connectivity index (χ4n) is 3.83. The van der Waals surface area contributed by atoms with Crippen LogP contribution >= 0.6 is 11.6 Å². The quantitative estimate of drug-likeness (QED) is 0.544. The van der Waals surface area contributed by atoms with Crippen molar-refractivity contribution < 1.29 is 13.9 Å². The summed E-state index contributed by atoms with van der Waals surface area (Å²) < 4.78 is 19.0. The molecule has 1 N–H and O–H groups in total. The van der Waals surface area contributed by atoms with Gasteiger partial charge in [-0.2, -0.15) is 0 Å². The topological polar surface area (TPSA) is 70.6 Å². The molecule has 0 saturated carbocycles.